The maximum Gasteiger partial charge on any atom is 0.237 e. The molecular weight excluding hydrogens is 226 g/mol. The number of carbonyl (C=O) groups is 1. The van der Waals surface area contributed by atoms with E-state index in [9.17, 15) is 4.79 Å². The van der Waals surface area contributed by atoms with Crippen molar-refractivity contribution in [1.82, 2.24) is 10.2 Å². The second-order valence-electron chi connectivity index (χ2n) is 6.12. The molecule has 2 aliphatic carbocycles. The van der Waals surface area contributed by atoms with Gasteiger partial charge in [0.15, 0.2) is 0 Å². The third-order valence-electron chi connectivity index (χ3n) is 5.00. The first-order chi connectivity index (χ1) is 8.50. The van der Waals surface area contributed by atoms with E-state index in [1.165, 1.54) is 12.8 Å². The molecule has 0 saturated heterocycles. The number of nitrogens with one attached hydrogen (secondary N) is 1. The molecule has 0 aliphatic heterocycles. The average molecular weight is 253 g/mol. The van der Waals surface area contributed by atoms with Crippen molar-refractivity contribution in [3.63, 3.8) is 0 Å². The highest BCUT2D eigenvalue weighted by molar-refractivity contribution is 5.85. The van der Waals surface area contributed by atoms with Crippen molar-refractivity contribution in [2.45, 2.75) is 63.6 Å². The SMILES string of the molecule is CCNC1(C(N)=O)CCC(N(C)C(C)C2CC2)C1. The summed E-state index contributed by atoms with van der Waals surface area (Å²) in [7, 11) is 2.21. The van der Waals surface area contributed by atoms with Gasteiger partial charge in [-0.2, -0.15) is 0 Å². The van der Waals surface area contributed by atoms with E-state index in [2.05, 4.69) is 24.2 Å². The number of carbonyl (C=O) groups excluding carboxylic acids is 1. The molecule has 0 radical (unpaired) electrons. The van der Waals surface area contributed by atoms with Crippen LogP contribution in [0.5, 0.6) is 0 Å². The Kier molecular flexibility index (Phi) is 3.97. The Bertz CT molecular complexity index is 316. The van der Waals surface area contributed by atoms with Gasteiger partial charge < -0.3 is 16.0 Å². The van der Waals surface area contributed by atoms with Crippen LogP contribution in [0.4, 0.5) is 0 Å². The first kappa shape index (κ1) is 13.8. The van der Waals surface area contributed by atoms with Crippen LogP contribution in [0.1, 0.15) is 46.0 Å². The summed E-state index contributed by atoms with van der Waals surface area (Å²) < 4.78 is 0. The molecule has 104 valence electrons. The highest BCUT2D eigenvalue weighted by atomic mass is 16.1. The van der Waals surface area contributed by atoms with Gasteiger partial charge in [-0.25, -0.2) is 0 Å². The summed E-state index contributed by atoms with van der Waals surface area (Å²) in [5, 5.41) is 3.32. The lowest BCUT2D eigenvalue weighted by molar-refractivity contribution is -0.124. The van der Waals surface area contributed by atoms with Crippen LogP contribution in [0.15, 0.2) is 0 Å². The zero-order chi connectivity index (χ0) is 13.3. The lowest BCUT2D eigenvalue weighted by Crippen LogP contribution is -2.54. The summed E-state index contributed by atoms with van der Waals surface area (Å²) in [6.45, 7) is 5.15. The Morgan fingerprint density at radius 1 is 1.50 bits per heavy atom. The van der Waals surface area contributed by atoms with Crippen molar-refractivity contribution in [2.24, 2.45) is 11.7 Å². The van der Waals surface area contributed by atoms with E-state index in [-0.39, 0.29) is 5.91 Å². The predicted octanol–water partition coefficient (Wildman–Crippen LogP) is 1.10. The second-order valence-corrected chi connectivity index (χ2v) is 6.12. The molecule has 2 aliphatic rings. The molecule has 2 fully saturated rings. The molecule has 3 atom stereocenters. The summed E-state index contributed by atoms with van der Waals surface area (Å²) in [4.78, 5) is 14.2. The number of nitrogens with two attached hydrogens (primary N) is 1. The molecule has 3 N–H and O–H groups in total. The lowest BCUT2D eigenvalue weighted by Gasteiger charge is -2.33. The third kappa shape index (κ3) is 2.54. The van der Waals surface area contributed by atoms with Crippen LogP contribution >= 0.6 is 0 Å². The van der Waals surface area contributed by atoms with Gasteiger partial charge in [-0.3, -0.25) is 4.79 Å². The monoisotopic (exact) mass is 253 g/mol. The van der Waals surface area contributed by atoms with Gasteiger partial charge in [-0.05, 0) is 58.5 Å². The molecule has 0 aromatic rings. The molecule has 2 rings (SSSR count). The van der Waals surface area contributed by atoms with Crippen LogP contribution in [-0.4, -0.2) is 42.0 Å². The Hall–Kier alpha value is -0.610. The minimum Gasteiger partial charge on any atom is -0.368 e. The molecule has 0 heterocycles. The molecule has 0 bridgehead atoms. The Labute approximate surface area is 110 Å². The van der Waals surface area contributed by atoms with Gasteiger partial charge in [0, 0.05) is 12.1 Å². The second kappa shape index (κ2) is 5.17. The number of likely N-dealkylation sites (N-methyl/N-ethyl adjacent to an activating group) is 1. The molecule has 0 aromatic heterocycles. The molecule has 0 aromatic carbocycles. The molecular formula is C14H27N3O. The highest BCUT2D eigenvalue weighted by Crippen LogP contribution is 2.39. The molecule has 18 heavy (non-hydrogen) atoms. The largest absolute Gasteiger partial charge is 0.368 e. The van der Waals surface area contributed by atoms with Crippen molar-refractivity contribution >= 4 is 5.91 Å². The normalized spacial score (nSPS) is 33.9. The summed E-state index contributed by atoms with van der Waals surface area (Å²) in [6, 6.07) is 1.13. The number of amides is 1. The van der Waals surface area contributed by atoms with Crippen LogP contribution in [0.2, 0.25) is 0 Å². The molecule has 1 amide bonds. The number of hydrogen-bond donors (Lipinski definition) is 2. The summed E-state index contributed by atoms with van der Waals surface area (Å²) in [5.74, 6) is 0.692. The van der Waals surface area contributed by atoms with Gasteiger partial charge in [0.2, 0.25) is 5.91 Å². The Morgan fingerprint density at radius 2 is 2.17 bits per heavy atom. The smallest absolute Gasteiger partial charge is 0.237 e. The zero-order valence-corrected chi connectivity index (χ0v) is 11.9. The maximum absolute atomic E-state index is 11.7. The molecule has 2 saturated carbocycles. The van der Waals surface area contributed by atoms with Crippen molar-refractivity contribution < 1.29 is 4.79 Å². The maximum atomic E-state index is 11.7. The van der Waals surface area contributed by atoms with E-state index >= 15 is 0 Å². The van der Waals surface area contributed by atoms with Crippen molar-refractivity contribution in [1.29, 1.82) is 0 Å². The van der Waals surface area contributed by atoms with E-state index in [1.807, 2.05) is 6.92 Å². The number of primary amides is 1. The van der Waals surface area contributed by atoms with Crippen LogP contribution in [-0.2, 0) is 4.79 Å². The first-order valence-corrected chi connectivity index (χ1v) is 7.27. The Balaban J connectivity index is 1.98. The molecule has 0 spiro atoms. The molecule has 4 heteroatoms. The fourth-order valence-electron chi connectivity index (χ4n) is 3.42. The van der Waals surface area contributed by atoms with Crippen LogP contribution in [0.3, 0.4) is 0 Å². The van der Waals surface area contributed by atoms with Gasteiger partial charge in [0.05, 0.1) is 5.54 Å². The average Bonchev–Trinajstić information content (AvgIpc) is 3.09. The summed E-state index contributed by atoms with van der Waals surface area (Å²) in [6.07, 6.45) is 5.55. The number of hydrogen-bond acceptors (Lipinski definition) is 3. The molecule has 4 nitrogen and oxygen atoms in total. The van der Waals surface area contributed by atoms with Crippen LogP contribution in [0.25, 0.3) is 0 Å². The quantitative estimate of drug-likeness (QED) is 0.745. The van der Waals surface area contributed by atoms with Crippen molar-refractivity contribution in [3.05, 3.63) is 0 Å². The standard InChI is InChI=1S/C14H27N3O/c1-4-16-14(13(15)18)8-7-12(9-14)17(3)10(2)11-5-6-11/h10-12,16H,4-9H2,1-3H3,(H2,15,18). The zero-order valence-electron chi connectivity index (χ0n) is 11.9. The van der Waals surface area contributed by atoms with Gasteiger partial charge in [-0.1, -0.05) is 6.92 Å². The third-order valence-corrected chi connectivity index (χ3v) is 5.00. The summed E-state index contributed by atoms with van der Waals surface area (Å²) >= 11 is 0. The number of rotatable bonds is 6. The Morgan fingerprint density at radius 3 is 2.67 bits per heavy atom. The van der Waals surface area contributed by atoms with E-state index in [1.54, 1.807) is 0 Å². The van der Waals surface area contributed by atoms with Crippen LogP contribution in [0, 0.1) is 5.92 Å². The van der Waals surface area contributed by atoms with E-state index in [0.717, 1.165) is 31.7 Å². The van der Waals surface area contributed by atoms with Gasteiger partial charge in [-0.15, -0.1) is 0 Å². The highest BCUT2D eigenvalue weighted by Gasteiger charge is 2.46. The van der Waals surface area contributed by atoms with Crippen molar-refractivity contribution in [2.75, 3.05) is 13.6 Å². The van der Waals surface area contributed by atoms with E-state index in [4.69, 9.17) is 5.73 Å². The minimum absolute atomic E-state index is 0.181. The van der Waals surface area contributed by atoms with E-state index in [0.29, 0.717) is 12.1 Å². The van der Waals surface area contributed by atoms with E-state index < -0.39 is 5.54 Å². The topological polar surface area (TPSA) is 58.4 Å². The van der Waals surface area contributed by atoms with Crippen molar-refractivity contribution in [3.8, 4) is 0 Å². The predicted molar refractivity (Wildman–Crippen MR) is 73.2 cm³/mol. The van der Waals surface area contributed by atoms with Gasteiger partial charge >= 0.3 is 0 Å². The lowest BCUT2D eigenvalue weighted by atomic mass is 9.96. The number of nitrogens with zero attached hydrogens (tertiary/aromatic N) is 1. The fraction of sp³-hybridized carbons (Fsp3) is 0.929. The summed E-state index contributed by atoms with van der Waals surface area (Å²) in [5.41, 5.74) is 5.15. The first-order valence-electron chi connectivity index (χ1n) is 7.27. The van der Waals surface area contributed by atoms with Crippen LogP contribution < -0.4 is 11.1 Å². The van der Waals surface area contributed by atoms with Gasteiger partial charge in [0.25, 0.3) is 0 Å². The fourth-order valence-corrected chi connectivity index (χ4v) is 3.42. The molecule has 3 unspecified atom stereocenters. The van der Waals surface area contributed by atoms with Gasteiger partial charge in [0.1, 0.15) is 0 Å². The minimum atomic E-state index is -0.461.